The third kappa shape index (κ3) is 2.53. The monoisotopic (exact) mass is 290 g/mol. The standard InChI is InChI=1S/C13H10N2O4S/c1-7(16)14-13-15-12(17)11(20-13)5-8-2-3-9-10(4-8)19-6-18-9/h2-5H,6H2,1H3,(H,14,15,16,17)/b11-5+. The molecule has 1 aromatic carbocycles. The third-order valence-electron chi connectivity index (χ3n) is 2.60. The van der Waals surface area contributed by atoms with Crippen molar-refractivity contribution in [2.45, 2.75) is 6.92 Å². The Balaban J connectivity index is 1.80. The zero-order chi connectivity index (χ0) is 14.1. The first kappa shape index (κ1) is 12.7. The topological polar surface area (TPSA) is 77.0 Å². The van der Waals surface area contributed by atoms with E-state index in [0.29, 0.717) is 21.6 Å². The number of benzene rings is 1. The van der Waals surface area contributed by atoms with Gasteiger partial charge in [0, 0.05) is 6.92 Å². The van der Waals surface area contributed by atoms with Gasteiger partial charge in [-0.3, -0.25) is 9.59 Å². The van der Waals surface area contributed by atoms with Crippen molar-refractivity contribution in [3.63, 3.8) is 0 Å². The maximum absolute atomic E-state index is 11.7. The maximum atomic E-state index is 11.7. The number of carbonyl (C=O) groups excluding carboxylic acids is 2. The molecule has 0 spiro atoms. The zero-order valence-electron chi connectivity index (χ0n) is 10.5. The van der Waals surface area contributed by atoms with Crippen LogP contribution in [0.5, 0.6) is 11.5 Å². The lowest BCUT2D eigenvalue weighted by molar-refractivity contribution is -0.117. The van der Waals surface area contributed by atoms with E-state index in [1.807, 2.05) is 6.07 Å². The Morgan fingerprint density at radius 2 is 2.20 bits per heavy atom. The highest BCUT2D eigenvalue weighted by Crippen LogP contribution is 2.34. The van der Waals surface area contributed by atoms with Crippen molar-refractivity contribution in [3.8, 4) is 11.5 Å². The smallest absolute Gasteiger partial charge is 0.286 e. The van der Waals surface area contributed by atoms with E-state index < -0.39 is 0 Å². The van der Waals surface area contributed by atoms with Crippen molar-refractivity contribution in [1.82, 2.24) is 5.32 Å². The van der Waals surface area contributed by atoms with Crippen LogP contribution in [0.15, 0.2) is 28.1 Å². The summed E-state index contributed by atoms with van der Waals surface area (Å²) in [4.78, 5) is 26.9. The Labute approximate surface area is 118 Å². The number of amides is 2. The van der Waals surface area contributed by atoms with Crippen LogP contribution in [0, 0.1) is 0 Å². The third-order valence-corrected chi connectivity index (χ3v) is 3.50. The van der Waals surface area contributed by atoms with Gasteiger partial charge in [-0.25, -0.2) is 0 Å². The molecule has 2 amide bonds. The molecule has 0 radical (unpaired) electrons. The number of nitrogens with zero attached hydrogens (tertiary/aromatic N) is 1. The Morgan fingerprint density at radius 1 is 1.40 bits per heavy atom. The van der Waals surface area contributed by atoms with Crippen molar-refractivity contribution >= 4 is 34.8 Å². The van der Waals surface area contributed by atoms with Gasteiger partial charge >= 0.3 is 0 Å². The summed E-state index contributed by atoms with van der Waals surface area (Å²) < 4.78 is 10.5. The number of carbonyl (C=O) groups is 2. The van der Waals surface area contributed by atoms with E-state index in [9.17, 15) is 9.59 Å². The van der Waals surface area contributed by atoms with Crippen LogP contribution in [0.4, 0.5) is 0 Å². The summed E-state index contributed by atoms with van der Waals surface area (Å²) in [7, 11) is 0. The van der Waals surface area contributed by atoms with Crippen molar-refractivity contribution in [2.75, 3.05) is 6.79 Å². The van der Waals surface area contributed by atoms with Gasteiger partial charge in [0.1, 0.15) is 0 Å². The van der Waals surface area contributed by atoms with Crippen LogP contribution in [-0.2, 0) is 9.59 Å². The molecule has 0 atom stereocenters. The second-order valence-corrected chi connectivity index (χ2v) is 5.16. The highest BCUT2D eigenvalue weighted by atomic mass is 32.2. The highest BCUT2D eigenvalue weighted by Gasteiger charge is 2.23. The summed E-state index contributed by atoms with van der Waals surface area (Å²) in [5, 5.41) is 2.80. The second-order valence-electron chi connectivity index (χ2n) is 4.13. The number of fused-ring (bicyclic) bond motifs is 1. The summed E-state index contributed by atoms with van der Waals surface area (Å²) in [6, 6.07) is 5.40. The first-order valence-electron chi connectivity index (χ1n) is 5.81. The number of nitrogens with one attached hydrogen (secondary N) is 1. The zero-order valence-corrected chi connectivity index (χ0v) is 11.3. The fourth-order valence-corrected chi connectivity index (χ4v) is 2.63. The van der Waals surface area contributed by atoms with Gasteiger partial charge in [-0.15, -0.1) is 0 Å². The van der Waals surface area contributed by atoms with E-state index in [1.165, 1.54) is 6.92 Å². The number of thioether (sulfide) groups is 1. The first-order valence-corrected chi connectivity index (χ1v) is 6.63. The molecule has 0 fully saturated rings. The fourth-order valence-electron chi connectivity index (χ4n) is 1.77. The Morgan fingerprint density at radius 3 is 3.00 bits per heavy atom. The molecular formula is C13H10N2O4S. The van der Waals surface area contributed by atoms with Crippen LogP contribution in [-0.4, -0.2) is 23.8 Å². The Hall–Kier alpha value is -2.28. The molecule has 1 N–H and O–H groups in total. The van der Waals surface area contributed by atoms with Crippen LogP contribution in [0.2, 0.25) is 0 Å². The molecule has 2 aliphatic rings. The predicted molar refractivity (Wildman–Crippen MR) is 74.4 cm³/mol. The molecule has 0 unspecified atom stereocenters. The molecule has 7 heteroatoms. The molecule has 0 bridgehead atoms. The SMILES string of the molecule is CC(=O)NC1=NC(=O)/C(=C\c2ccc3c(c2)OCO3)S1. The van der Waals surface area contributed by atoms with E-state index in [0.717, 1.165) is 17.3 Å². The van der Waals surface area contributed by atoms with Gasteiger partial charge in [0.05, 0.1) is 4.91 Å². The van der Waals surface area contributed by atoms with Gasteiger partial charge in [0.2, 0.25) is 12.7 Å². The van der Waals surface area contributed by atoms with Gasteiger partial charge in [-0.1, -0.05) is 6.07 Å². The number of hydrogen-bond donors (Lipinski definition) is 1. The molecule has 0 saturated heterocycles. The van der Waals surface area contributed by atoms with Gasteiger partial charge in [0.25, 0.3) is 5.91 Å². The Kier molecular flexibility index (Phi) is 3.19. The lowest BCUT2D eigenvalue weighted by atomic mass is 10.2. The average molecular weight is 290 g/mol. The van der Waals surface area contributed by atoms with Crippen LogP contribution in [0.3, 0.4) is 0 Å². The van der Waals surface area contributed by atoms with E-state index in [4.69, 9.17) is 9.47 Å². The van der Waals surface area contributed by atoms with Gasteiger partial charge in [0.15, 0.2) is 16.7 Å². The number of aliphatic imine (C=N–C) groups is 1. The molecule has 3 rings (SSSR count). The predicted octanol–water partition coefficient (Wildman–Crippen LogP) is 1.52. The fraction of sp³-hybridized carbons (Fsp3) is 0.154. The number of ether oxygens (including phenoxy) is 2. The van der Waals surface area contributed by atoms with Gasteiger partial charge in [-0.05, 0) is 35.5 Å². The van der Waals surface area contributed by atoms with Crippen molar-refractivity contribution in [1.29, 1.82) is 0 Å². The molecule has 2 heterocycles. The molecule has 2 aliphatic heterocycles. The normalized spacial score (nSPS) is 18.4. The molecule has 20 heavy (non-hydrogen) atoms. The summed E-state index contributed by atoms with van der Waals surface area (Å²) >= 11 is 1.13. The van der Waals surface area contributed by atoms with E-state index in [2.05, 4.69) is 10.3 Å². The van der Waals surface area contributed by atoms with E-state index in [1.54, 1.807) is 18.2 Å². The van der Waals surface area contributed by atoms with Crippen molar-refractivity contribution in [2.24, 2.45) is 4.99 Å². The van der Waals surface area contributed by atoms with Gasteiger partial charge < -0.3 is 14.8 Å². The molecule has 0 aliphatic carbocycles. The molecule has 6 nitrogen and oxygen atoms in total. The van der Waals surface area contributed by atoms with Crippen molar-refractivity contribution < 1.29 is 19.1 Å². The summed E-state index contributed by atoms with van der Waals surface area (Å²) in [6.07, 6.45) is 1.70. The van der Waals surface area contributed by atoms with E-state index >= 15 is 0 Å². The molecule has 1 aromatic rings. The average Bonchev–Trinajstić information content (AvgIpc) is 2.96. The van der Waals surface area contributed by atoms with E-state index in [-0.39, 0.29) is 18.6 Å². The number of amidine groups is 1. The summed E-state index contributed by atoms with van der Waals surface area (Å²) in [5.74, 6) is 0.718. The second kappa shape index (κ2) is 5.01. The molecule has 0 saturated carbocycles. The largest absolute Gasteiger partial charge is 0.454 e. The Bertz CT molecular complexity index is 666. The summed E-state index contributed by atoms with van der Waals surface area (Å²) in [6.45, 7) is 1.58. The highest BCUT2D eigenvalue weighted by molar-refractivity contribution is 8.18. The maximum Gasteiger partial charge on any atom is 0.286 e. The minimum Gasteiger partial charge on any atom is -0.454 e. The quantitative estimate of drug-likeness (QED) is 0.794. The van der Waals surface area contributed by atoms with Crippen molar-refractivity contribution in [3.05, 3.63) is 28.7 Å². The van der Waals surface area contributed by atoms with Gasteiger partial charge in [-0.2, -0.15) is 4.99 Å². The number of rotatable bonds is 1. The first-order chi connectivity index (χ1) is 9.61. The minimum atomic E-state index is -0.364. The van der Waals surface area contributed by atoms with Crippen LogP contribution >= 0.6 is 11.8 Å². The van der Waals surface area contributed by atoms with Crippen LogP contribution in [0.1, 0.15) is 12.5 Å². The molecular weight excluding hydrogens is 280 g/mol. The lowest BCUT2D eigenvalue weighted by Crippen LogP contribution is -2.23. The molecule has 102 valence electrons. The number of hydrogen-bond acceptors (Lipinski definition) is 5. The molecule has 0 aromatic heterocycles. The summed E-state index contributed by atoms with van der Waals surface area (Å²) in [5.41, 5.74) is 0.810. The van der Waals surface area contributed by atoms with Crippen LogP contribution in [0.25, 0.3) is 6.08 Å². The lowest BCUT2D eigenvalue weighted by Gasteiger charge is -2.00. The van der Waals surface area contributed by atoms with Crippen LogP contribution < -0.4 is 14.8 Å². The minimum absolute atomic E-state index is 0.207.